The van der Waals surface area contributed by atoms with Gasteiger partial charge >= 0.3 is 0 Å². The van der Waals surface area contributed by atoms with Crippen molar-refractivity contribution in [2.75, 3.05) is 46.5 Å². The molecule has 2 aliphatic heterocycles. The van der Waals surface area contributed by atoms with Gasteiger partial charge in [0.05, 0.1) is 32.3 Å². The first-order chi connectivity index (χ1) is 16.0. The Bertz CT molecular complexity index is 939. The molecule has 0 aromatic heterocycles. The first kappa shape index (κ1) is 23.3. The smallest absolute Gasteiger partial charge is 0.225 e. The van der Waals surface area contributed by atoms with Crippen molar-refractivity contribution in [3.05, 3.63) is 65.2 Å². The van der Waals surface area contributed by atoms with Crippen molar-refractivity contribution in [3.8, 4) is 5.75 Å². The Morgan fingerprint density at radius 2 is 1.82 bits per heavy atom. The molecule has 2 fully saturated rings. The van der Waals surface area contributed by atoms with Gasteiger partial charge < -0.3 is 19.7 Å². The van der Waals surface area contributed by atoms with E-state index in [1.165, 1.54) is 5.56 Å². The van der Waals surface area contributed by atoms with E-state index in [9.17, 15) is 9.59 Å². The SMILES string of the molecule is COc1ccc([C@@H](CNC(=O)[C@H]2CC(=O)N(Cc3ccc(C)cc3)C2)N2CCOCC2)cc1. The Morgan fingerprint density at radius 3 is 2.48 bits per heavy atom. The lowest BCUT2D eigenvalue weighted by atomic mass is 10.0. The average Bonchev–Trinajstić information content (AvgIpc) is 3.22. The fourth-order valence-electron chi connectivity index (χ4n) is 4.53. The molecular formula is C26H33N3O4. The molecule has 4 rings (SSSR count). The summed E-state index contributed by atoms with van der Waals surface area (Å²) in [6.45, 7) is 6.55. The zero-order valence-corrected chi connectivity index (χ0v) is 19.5. The Kier molecular flexibility index (Phi) is 7.62. The maximum Gasteiger partial charge on any atom is 0.225 e. The van der Waals surface area contributed by atoms with Crippen LogP contribution in [0, 0.1) is 12.8 Å². The van der Waals surface area contributed by atoms with Crippen molar-refractivity contribution in [2.24, 2.45) is 5.92 Å². The zero-order valence-electron chi connectivity index (χ0n) is 19.5. The van der Waals surface area contributed by atoms with Crippen LogP contribution in [0.4, 0.5) is 0 Å². The van der Waals surface area contributed by atoms with Crippen LogP contribution in [-0.2, 0) is 20.9 Å². The van der Waals surface area contributed by atoms with Crippen LogP contribution >= 0.6 is 0 Å². The van der Waals surface area contributed by atoms with E-state index in [1.807, 2.05) is 55.5 Å². The minimum atomic E-state index is -0.316. The van der Waals surface area contributed by atoms with Crippen LogP contribution < -0.4 is 10.1 Å². The predicted molar refractivity (Wildman–Crippen MR) is 126 cm³/mol. The van der Waals surface area contributed by atoms with Crippen molar-refractivity contribution in [1.82, 2.24) is 15.1 Å². The number of methoxy groups -OCH3 is 1. The molecule has 2 aliphatic rings. The minimum Gasteiger partial charge on any atom is -0.497 e. The van der Waals surface area contributed by atoms with Gasteiger partial charge in [-0.1, -0.05) is 42.0 Å². The third-order valence-electron chi connectivity index (χ3n) is 6.54. The maximum atomic E-state index is 13.0. The number of hydrogen-bond donors (Lipinski definition) is 1. The van der Waals surface area contributed by atoms with E-state index >= 15 is 0 Å². The molecular weight excluding hydrogens is 418 g/mol. The fraction of sp³-hybridized carbons (Fsp3) is 0.462. The molecule has 7 nitrogen and oxygen atoms in total. The van der Waals surface area contributed by atoms with Gasteiger partial charge in [0.2, 0.25) is 11.8 Å². The van der Waals surface area contributed by atoms with E-state index in [1.54, 1.807) is 12.0 Å². The van der Waals surface area contributed by atoms with E-state index in [0.717, 1.165) is 30.0 Å². The predicted octanol–water partition coefficient (Wildman–Crippen LogP) is 2.54. The number of carbonyl (C=O) groups is 2. The van der Waals surface area contributed by atoms with Crippen LogP contribution in [0.1, 0.15) is 29.2 Å². The van der Waals surface area contributed by atoms with Gasteiger partial charge in [-0.05, 0) is 30.2 Å². The monoisotopic (exact) mass is 451 g/mol. The molecule has 0 aliphatic carbocycles. The lowest BCUT2D eigenvalue weighted by Crippen LogP contribution is -2.45. The van der Waals surface area contributed by atoms with Crippen molar-refractivity contribution in [3.63, 3.8) is 0 Å². The van der Waals surface area contributed by atoms with Gasteiger partial charge in [-0.2, -0.15) is 0 Å². The number of hydrogen-bond acceptors (Lipinski definition) is 5. The maximum absolute atomic E-state index is 13.0. The summed E-state index contributed by atoms with van der Waals surface area (Å²) >= 11 is 0. The number of nitrogens with one attached hydrogen (secondary N) is 1. The van der Waals surface area contributed by atoms with E-state index in [0.29, 0.717) is 32.8 Å². The normalized spacial score (nSPS) is 20.0. The Morgan fingerprint density at radius 1 is 1.12 bits per heavy atom. The standard InChI is InChI=1S/C26H33N3O4/c1-19-3-5-20(6-4-19)17-29-18-22(15-25(29)30)26(31)27-16-24(28-11-13-33-14-12-28)21-7-9-23(32-2)10-8-21/h3-10,22,24H,11-18H2,1-2H3,(H,27,31)/t22-,24+/m0/s1. The summed E-state index contributed by atoms with van der Waals surface area (Å²) in [5.74, 6) is 0.475. The van der Waals surface area contributed by atoms with Crippen LogP contribution in [0.2, 0.25) is 0 Å². The fourth-order valence-corrected chi connectivity index (χ4v) is 4.53. The molecule has 2 heterocycles. The van der Waals surface area contributed by atoms with Gasteiger partial charge in [-0.25, -0.2) is 0 Å². The Hall–Kier alpha value is -2.90. The second-order valence-electron chi connectivity index (χ2n) is 8.84. The highest BCUT2D eigenvalue weighted by atomic mass is 16.5. The molecule has 0 unspecified atom stereocenters. The highest BCUT2D eigenvalue weighted by molar-refractivity contribution is 5.89. The summed E-state index contributed by atoms with van der Waals surface area (Å²) in [6, 6.07) is 16.2. The molecule has 176 valence electrons. The summed E-state index contributed by atoms with van der Waals surface area (Å²) < 4.78 is 10.8. The van der Waals surface area contributed by atoms with Crippen molar-refractivity contribution >= 4 is 11.8 Å². The van der Waals surface area contributed by atoms with Crippen molar-refractivity contribution in [1.29, 1.82) is 0 Å². The number of benzene rings is 2. The number of amides is 2. The quantitative estimate of drug-likeness (QED) is 0.668. The highest BCUT2D eigenvalue weighted by Crippen LogP contribution is 2.25. The van der Waals surface area contributed by atoms with Crippen LogP contribution in [-0.4, -0.2) is 68.1 Å². The van der Waals surface area contributed by atoms with Gasteiger partial charge in [0.1, 0.15) is 5.75 Å². The minimum absolute atomic E-state index is 0.0376. The van der Waals surface area contributed by atoms with E-state index in [2.05, 4.69) is 10.2 Å². The average molecular weight is 452 g/mol. The zero-order chi connectivity index (χ0) is 23.2. The third kappa shape index (κ3) is 5.92. The molecule has 0 spiro atoms. The first-order valence-corrected chi connectivity index (χ1v) is 11.6. The van der Waals surface area contributed by atoms with E-state index in [-0.39, 0.29) is 30.2 Å². The summed E-state index contributed by atoms with van der Waals surface area (Å²) in [5, 5.41) is 3.13. The molecule has 0 saturated carbocycles. The molecule has 0 bridgehead atoms. The van der Waals surface area contributed by atoms with Gasteiger partial charge in [0.25, 0.3) is 0 Å². The number of morpholine rings is 1. The molecule has 2 aromatic carbocycles. The van der Waals surface area contributed by atoms with Gasteiger partial charge in [0, 0.05) is 39.1 Å². The molecule has 2 aromatic rings. The van der Waals surface area contributed by atoms with Gasteiger partial charge in [0.15, 0.2) is 0 Å². The molecule has 33 heavy (non-hydrogen) atoms. The molecule has 2 amide bonds. The topological polar surface area (TPSA) is 71.1 Å². The van der Waals surface area contributed by atoms with Gasteiger partial charge in [-0.15, -0.1) is 0 Å². The molecule has 2 atom stereocenters. The van der Waals surface area contributed by atoms with E-state index < -0.39 is 0 Å². The molecule has 2 saturated heterocycles. The summed E-state index contributed by atoms with van der Waals surface area (Å²) in [7, 11) is 1.65. The molecule has 1 N–H and O–H groups in total. The number of carbonyl (C=O) groups excluding carboxylic acids is 2. The summed E-state index contributed by atoms with van der Waals surface area (Å²) in [6.07, 6.45) is 0.266. The second kappa shape index (κ2) is 10.8. The summed E-state index contributed by atoms with van der Waals surface area (Å²) in [5.41, 5.74) is 3.40. The number of aryl methyl sites for hydroxylation is 1. The lowest BCUT2D eigenvalue weighted by Gasteiger charge is -2.35. The summed E-state index contributed by atoms with van der Waals surface area (Å²) in [4.78, 5) is 29.7. The Labute approximate surface area is 195 Å². The van der Waals surface area contributed by atoms with Crippen molar-refractivity contribution in [2.45, 2.75) is 25.9 Å². The van der Waals surface area contributed by atoms with Crippen LogP contribution in [0.5, 0.6) is 5.75 Å². The van der Waals surface area contributed by atoms with Crippen LogP contribution in [0.3, 0.4) is 0 Å². The number of nitrogens with zero attached hydrogens (tertiary/aromatic N) is 2. The molecule has 7 heteroatoms. The highest BCUT2D eigenvalue weighted by Gasteiger charge is 2.34. The number of rotatable bonds is 8. The molecule has 0 radical (unpaired) electrons. The number of likely N-dealkylation sites (tertiary alicyclic amines) is 1. The van der Waals surface area contributed by atoms with E-state index in [4.69, 9.17) is 9.47 Å². The third-order valence-corrected chi connectivity index (χ3v) is 6.54. The largest absolute Gasteiger partial charge is 0.497 e. The Balaban J connectivity index is 1.37. The lowest BCUT2D eigenvalue weighted by molar-refractivity contribution is -0.129. The van der Waals surface area contributed by atoms with Crippen molar-refractivity contribution < 1.29 is 19.1 Å². The first-order valence-electron chi connectivity index (χ1n) is 11.6. The number of ether oxygens (including phenoxy) is 2. The second-order valence-corrected chi connectivity index (χ2v) is 8.84. The van der Waals surface area contributed by atoms with Gasteiger partial charge in [-0.3, -0.25) is 14.5 Å². The van der Waals surface area contributed by atoms with Crippen LogP contribution in [0.25, 0.3) is 0 Å². The van der Waals surface area contributed by atoms with Crippen LogP contribution in [0.15, 0.2) is 48.5 Å².